The van der Waals surface area contributed by atoms with Crippen molar-refractivity contribution >= 4 is 5.91 Å². The molecule has 4 nitrogen and oxygen atoms in total. The number of amides is 1. The number of rotatable bonds is 29. The summed E-state index contributed by atoms with van der Waals surface area (Å²) in [6, 6.07) is -0.601. The number of hydrogen-bond acceptors (Lipinski definition) is 3. The molecule has 0 heterocycles. The molecule has 0 aromatic heterocycles. The van der Waals surface area contributed by atoms with Crippen LogP contribution in [-0.2, 0) is 4.79 Å². The zero-order chi connectivity index (χ0) is 27.9. The largest absolute Gasteiger partial charge is 0.394 e. The summed E-state index contributed by atoms with van der Waals surface area (Å²) < 4.78 is 0. The van der Waals surface area contributed by atoms with Crippen molar-refractivity contribution in [3.05, 3.63) is 24.3 Å². The molecular formula is C34H65NO3. The third-order valence-electron chi connectivity index (χ3n) is 7.46. The van der Waals surface area contributed by atoms with Crippen molar-refractivity contribution in [2.45, 2.75) is 180 Å². The van der Waals surface area contributed by atoms with Crippen LogP contribution in [0.5, 0.6) is 0 Å². The van der Waals surface area contributed by atoms with Gasteiger partial charge in [0, 0.05) is 6.42 Å². The Morgan fingerprint density at radius 3 is 1.45 bits per heavy atom. The van der Waals surface area contributed by atoms with Crippen LogP contribution in [0.2, 0.25) is 0 Å². The molecular weight excluding hydrogens is 470 g/mol. The Balaban J connectivity index is 3.71. The van der Waals surface area contributed by atoms with E-state index in [2.05, 4.69) is 37.4 Å². The summed E-state index contributed by atoms with van der Waals surface area (Å²) in [4.78, 5) is 12.2. The topological polar surface area (TPSA) is 69.6 Å². The lowest BCUT2D eigenvalue weighted by Crippen LogP contribution is -2.45. The minimum atomic E-state index is -0.755. The van der Waals surface area contributed by atoms with Gasteiger partial charge in [-0.25, -0.2) is 0 Å². The van der Waals surface area contributed by atoms with E-state index in [0.717, 1.165) is 12.8 Å². The number of aliphatic hydroxyl groups excluding tert-OH is 2. The molecule has 0 saturated heterocycles. The third-order valence-corrected chi connectivity index (χ3v) is 7.46. The molecule has 38 heavy (non-hydrogen) atoms. The summed E-state index contributed by atoms with van der Waals surface area (Å²) in [5.74, 6) is -0.106. The summed E-state index contributed by atoms with van der Waals surface area (Å²) in [6.07, 6.45) is 36.7. The molecule has 0 rings (SSSR count). The Bertz CT molecular complexity index is 546. The lowest BCUT2D eigenvalue weighted by Gasteiger charge is -2.21. The Kier molecular flexibility index (Phi) is 29.5. The third kappa shape index (κ3) is 26.5. The molecule has 0 bridgehead atoms. The lowest BCUT2D eigenvalue weighted by molar-refractivity contribution is -0.123. The summed E-state index contributed by atoms with van der Waals surface area (Å²) in [7, 11) is 0. The van der Waals surface area contributed by atoms with Gasteiger partial charge in [0.2, 0.25) is 5.91 Å². The highest BCUT2D eigenvalue weighted by Gasteiger charge is 2.19. The number of aliphatic hydroxyl groups is 2. The highest BCUT2D eigenvalue weighted by molar-refractivity contribution is 5.76. The number of unbranched alkanes of at least 4 members (excludes halogenated alkanes) is 19. The minimum absolute atomic E-state index is 0.106. The van der Waals surface area contributed by atoms with Gasteiger partial charge >= 0.3 is 0 Å². The number of carbonyl (C=O) groups excluding carboxylic acids is 1. The predicted octanol–water partition coefficient (Wildman–Crippen LogP) is 9.34. The quantitative estimate of drug-likeness (QED) is 0.0660. The molecule has 0 radical (unpaired) electrons. The molecule has 0 fully saturated rings. The second-order valence-electron chi connectivity index (χ2n) is 11.2. The van der Waals surface area contributed by atoms with E-state index < -0.39 is 12.1 Å². The van der Waals surface area contributed by atoms with Gasteiger partial charge in [-0.05, 0) is 38.5 Å². The van der Waals surface area contributed by atoms with Gasteiger partial charge in [0.15, 0.2) is 0 Å². The molecule has 2 atom stereocenters. The maximum absolute atomic E-state index is 12.2. The summed E-state index contributed by atoms with van der Waals surface area (Å²) in [5.41, 5.74) is 0. The van der Waals surface area contributed by atoms with Crippen LogP contribution in [0.25, 0.3) is 0 Å². The molecule has 0 spiro atoms. The fraction of sp³-hybridized carbons (Fsp3) is 0.853. The predicted molar refractivity (Wildman–Crippen MR) is 165 cm³/mol. The van der Waals surface area contributed by atoms with Crippen molar-refractivity contribution in [2.75, 3.05) is 6.61 Å². The first-order valence-electron chi connectivity index (χ1n) is 16.5. The van der Waals surface area contributed by atoms with Gasteiger partial charge in [-0.1, -0.05) is 147 Å². The van der Waals surface area contributed by atoms with Gasteiger partial charge < -0.3 is 15.5 Å². The van der Waals surface area contributed by atoms with Crippen LogP contribution in [0, 0.1) is 0 Å². The monoisotopic (exact) mass is 535 g/mol. The SMILES string of the molecule is CCCCCCCCCCC/C=C\CCC(=O)N[C@@H](CO)[C@H](O)C/C=C/CCCCCCCCCCCC. The van der Waals surface area contributed by atoms with E-state index in [1.807, 2.05) is 6.08 Å². The lowest BCUT2D eigenvalue weighted by atomic mass is 10.0. The van der Waals surface area contributed by atoms with E-state index >= 15 is 0 Å². The number of hydrogen-bond donors (Lipinski definition) is 3. The van der Waals surface area contributed by atoms with Crippen molar-refractivity contribution in [2.24, 2.45) is 0 Å². The van der Waals surface area contributed by atoms with Crippen LogP contribution in [0.15, 0.2) is 24.3 Å². The second-order valence-corrected chi connectivity index (χ2v) is 11.2. The minimum Gasteiger partial charge on any atom is -0.394 e. The summed E-state index contributed by atoms with van der Waals surface area (Å²) >= 11 is 0. The number of nitrogens with one attached hydrogen (secondary N) is 1. The van der Waals surface area contributed by atoms with Crippen LogP contribution >= 0.6 is 0 Å². The number of allylic oxidation sites excluding steroid dienone is 3. The van der Waals surface area contributed by atoms with Gasteiger partial charge in [-0.15, -0.1) is 0 Å². The summed E-state index contributed by atoms with van der Waals surface area (Å²) in [6.45, 7) is 4.28. The molecule has 4 heteroatoms. The highest BCUT2D eigenvalue weighted by atomic mass is 16.3. The zero-order valence-electron chi connectivity index (χ0n) is 25.4. The maximum atomic E-state index is 12.2. The fourth-order valence-electron chi connectivity index (χ4n) is 4.83. The number of carbonyl (C=O) groups is 1. The van der Waals surface area contributed by atoms with Gasteiger partial charge in [0.25, 0.3) is 0 Å². The molecule has 0 aliphatic carbocycles. The maximum Gasteiger partial charge on any atom is 0.220 e. The molecule has 0 aromatic rings. The Labute approximate surface area is 237 Å². The van der Waals surface area contributed by atoms with Crippen LogP contribution in [-0.4, -0.2) is 34.9 Å². The van der Waals surface area contributed by atoms with E-state index in [4.69, 9.17) is 0 Å². The smallest absolute Gasteiger partial charge is 0.220 e. The molecule has 0 saturated carbocycles. The Hall–Kier alpha value is -1.13. The second kappa shape index (κ2) is 30.4. The van der Waals surface area contributed by atoms with Crippen LogP contribution in [0.4, 0.5) is 0 Å². The first-order valence-corrected chi connectivity index (χ1v) is 16.5. The summed E-state index contributed by atoms with van der Waals surface area (Å²) in [5, 5.41) is 22.8. The van der Waals surface area contributed by atoms with Crippen molar-refractivity contribution in [1.29, 1.82) is 0 Å². The fourth-order valence-corrected chi connectivity index (χ4v) is 4.83. The van der Waals surface area contributed by atoms with E-state index in [1.54, 1.807) is 0 Å². The molecule has 224 valence electrons. The Morgan fingerprint density at radius 1 is 0.605 bits per heavy atom. The van der Waals surface area contributed by atoms with Crippen LogP contribution in [0.3, 0.4) is 0 Å². The van der Waals surface area contributed by atoms with Crippen molar-refractivity contribution < 1.29 is 15.0 Å². The average Bonchev–Trinajstić information content (AvgIpc) is 2.92. The molecule has 0 aromatic carbocycles. The van der Waals surface area contributed by atoms with E-state index in [-0.39, 0.29) is 12.5 Å². The molecule has 0 aliphatic rings. The van der Waals surface area contributed by atoms with Gasteiger partial charge in [0.1, 0.15) is 0 Å². The zero-order valence-corrected chi connectivity index (χ0v) is 25.4. The van der Waals surface area contributed by atoms with E-state index in [0.29, 0.717) is 19.3 Å². The van der Waals surface area contributed by atoms with Crippen molar-refractivity contribution in [3.63, 3.8) is 0 Å². The van der Waals surface area contributed by atoms with E-state index in [1.165, 1.54) is 122 Å². The average molecular weight is 536 g/mol. The van der Waals surface area contributed by atoms with Crippen molar-refractivity contribution in [1.82, 2.24) is 5.32 Å². The van der Waals surface area contributed by atoms with Gasteiger partial charge in [0.05, 0.1) is 18.8 Å². The van der Waals surface area contributed by atoms with Gasteiger partial charge in [-0.2, -0.15) is 0 Å². The first-order chi connectivity index (χ1) is 18.7. The molecule has 3 N–H and O–H groups in total. The molecule has 0 aliphatic heterocycles. The molecule has 0 unspecified atom stereocenters. The standard InChI is InChI=1S/C34H65NO3/c1-3-5-7-9-11-13-15-17-19-21-23-25-27-29-33(37)32(31-36)35-34(38)30-28-26-24-22-20-18-16-14-12-10-8-6-4-2/h24-27,32-33,36-37H,3-23,28-31H2,1-2H3,(H,35,38)/b26-24-,27-25+/t32-,33+/m0/s1. The van der Waals surface area contributed by atoms with Crippen LogP contribution < -0.4 is 5.32 Å². The van der Waals surface area contributed by atoms with E-state index in [9.17, 15) is 15.0 Å². The molecule has 1 amide bonds. The van der Waals surface area contributed by atoms with Crippen LogP contribution in [0.1, 0.15) is 168 Å². The van der Waals surface area contributed by atoms with Gasteiger partial charge in [-0.3, -0.25) is 4.79 Å². The van der Waals surface area contributed by atoms with Crippen molar-refractivity contribution in [3.8, 4) is 0 Å². The first kappa shape index (κ1) is 36.9. The highest BCUT2D eigenvalue weighted by Crippen LogP contribution is 2.13. The Morgan fingerprint density at radius 2 is 1.00 bits per heavy atom. The normalized spacial score (nSPS) is 13.5.